The van der Waals surface area contributed by atoms with Gasteiger partial charge >= 0.3 is 0 Å². The van der Waals surface area contributed by atoms with E-state index in [1.165, 1.54) is 24.1 Å². The van der Waals surface area contributed by atoms with Gasteiger partial charge in [-0.15, -0.1) is 0 Å². The third-order valence-corrected chi connectivity index (χ3v) is 9.21. The van der Waals surface area contributed by atoms with E-state index in [9.17, 15) is 0 Å². The summed E-state index contributed by atoms with van der Waals surface area (Å²) in [5.41, 5.74) is 6.81. The highest BCUT2D eigenvalue weighted by Gasteiger charge is 2.30. The molecule has 2 aromatic heterocycles. The van der Waals surface area contributed by atoms with Crippen molar-refractivity contribution in [3.05, 3.63) is 41.6 Å². The minimum atomic E-state index is 0.663. The number of aromatic nitrogens is 2. The van der Waals surface area contributed by atoms with E-state index < -0.39 is 0 Å². The Bertz CT molecular complexity index is 1300. The normalized spacial score (nSPS) is 18.5. The molecule has 3 fully saturated rings. The third-order valence-electron chi connectivity index (χ3n) is 9.21. The van der Waals surface area contributed by atoms with Gasteiger partial charge in [0.15, 0.2) is 0 Å². The average Bonchev–Trinajstić information content (AvgIpc) is 3.77. The SMILES string of the molecule is CCc1nn2c(-c3c(OC)cc(CCCN4CCOCC4)cc3OC)cccc2c1N(CC1CCOCC1)CC1CC1. The molecule has 2 saturated heterocycles. The molecule has 3 aliphatic rings. The molecule has 1 aliphatic carbocycles. The van der Waals surface area contributed by atoms with Crippen LogP contribution in [-0.4, -0.2) is 87.9 Å². The summed E-state index contributed by atoms with van der Waals surface area (Å²) < 4.78 is 25.4. The van der Waals surface area contributed by atoms with Gasteiger partial charge in [-0.2, -0.15) is 5.10 Å². The fourth-order valence-corrected chi connectivity index (χ4v) is 6.68. The van der Waals surface area contributed by atoms with Crippen molar-refractivity contribution in [1.82, 2.24) is 14.5 Å². The van der Waals surface area contributed by atoms with E-state index in [1.807, 2.05) is 0 Å². The second kappa shape index (κ2) is 13.7. The molecule has 8 heteroatoms. The molecule has 1 aromatic carbocycles. The smallest absolute Gasteiger partial charge is 0.132 e. The first-order chi connectivity index (χ1) is 20.7. The van der Waals surface area contributed by atoms with Gasteiger partial charge in [0, 0.05) is 39.4 Å². The molecule has 2 aliphatic heterocycles. The number of pyridine rings is 1. The van der Waals surface area contributed by atoms with Gasteiger partial charge in [0.1, 0.15) is 11.5 Å². The molecule has 228 valence electrons. The van der Waals surface area contributed by atoms with E-state index in [0.29, 0.717) is 5.92 Å². The molecule has 0 spiro atoms. The first kappa shape index (κ1) is 29.3. The summed E-state index contributed by atoms with van der Waals surface area (Å²) in [4.78, 5) is 5.15. The lowest BCUT2D eigenvalue weighted by molar-refractivity contribution is 0.0374. The first-order valence-electron chi connectivity index (χ1n) is 16.1. The van der Waals surface area contributed by atoms with Crippen LogP contribution in [0.3, 0.4) is 0 Å². The van der Waals surface area contributed by atoms with Crippen molar-refractivity contribution >= 4 is 11.2 Å². The van der Waals surface area contributed by atoms with Gasteiger partial charge in [-0.3, -0.25) is 4.90 Å². The van der Waals surface area contributed by atoms with Gasteiger partial charge in [-0.05, 0) is 93.2 Å². The molecular weight excluding hydrogens is 528 g/mol. The summed E-state index contributed by atoms with van der Waals surface area (Å²) in [7, 11) is 3.51. The van der Waals surface area contributed by atoms with Crippen molar-refractivity contribution in [3.63, 3.8) is 0 Å². The molecule has 42 heavy (non-hydrogen) atoms. The Balaban J connectivity index is 1.33. The van der Waals surface area contributed by atoms with Gasteiger partial charge in [0.25, 0.3) is 0 Å². The van der Waals surface area contributed by atoms with E-state index in [4.69, 9.17) is 24.0 Å². The monoisotopic (exact) mass is 576 g/mol. The summed E-state index contributed by atoms with van der Waals surface area (Å²) in [6.07, 6.45) is 7.91. The second-order valence-corrected chi connectivity index (χ2v) is 12.2. The van der Waals surface area contributed by atoms with Crippen LogP contribution in [0.2, 0.25) is 0 Å². The number of methoxy groups -OCH3 is 2. The average molecular weight is 577 g/mol. The number of ether oxygens (including phenoxy) is 4. The largest absolute Gasteiger partial charge is 0.496 e. The quantitative estimate of drug-likeness (QED) is 0.267. The highest BCUT2D eigenvalue weighted by atomic mass is 16.5. The van der Waals surface area contributed by atoms with Crippen molar-refractivity contribution in [2.24, 2.45) is 11.8 Å². The Hall–Kier alpha value is -2.81. The molecule has 6 rings (SSSR count). The number of nitrogens with zero attached hydrogens (tertiary/aromatic N) is 4. The Morgan fingerprint density at radius 2 is 1.57 bits per heavy atom. The number of anilines is 1. The number of hydrogen-bond donors (Lipinski definition) is 0. The predicted octanol–water partition coefficient (Wildman–Crippen LogP) is 5.49. The molecule has 0 radical (unpaired) electrons. The third kappa shape index (κ3) is 6.56. The maximum absolute atomic E-state index is 6.03. The molecule has 0 atom stereocenters. The van der Waals surface area contributed by atoms with Crippen LogP contribution in [0.15, 0.2) is 30.3 Å². The van der Waals surface area contributed by atoms with Crippen LogP contribution >= 0.6 is 0 Å². The first-order valence-corrected chi connectivity index (χ1v) is 16.1. The fourth-order valence-electron chi connectivity index (χ4n) is 6.68. The molecule has 0 bridgehead atoms. The summed E-state index contributed by atoms with van der Waals surface area (Å²) in [6.45, 7) is 11.0. The van der Waals surface area contributed by atoms with Crippen molar-refractivity contribution in [1.29, 1.82) is 0 Å². The van der Waals surface area contributed by atoms with Crippen molar-refractivity contribution < 1.29 is 18.9 Å². The van der Waals surface area contributed by atoms with Crippen molar-refractivity contribution in [3.8, 4) is 22.8 Å². The minimum absolute atomic E-state index is 0.663. The number of morpholine rings is 1. The van der Waals surface area contributed by atoms with Crippen LogP contribution < -0.4 is 14.4 Å². The van der Waals surface area contributed by atoms with E-state index in [1.54, 1.807) is 14.2 Å². The zero-order valence-electron chi connectivity index (χ0n) is 25.8. The number of rotatable bonds is 13. The van der Waals surface area contributed by atoms with Gasteiger partial charge in [-0.1, -0.05) is 13.0 Å². The van der Waals surface area contributed by atoms with Crippen molar-refractivity contribution in [2.45, 2.75) is 51.9 Å². The van der Waals surface area contributed by atoms with Crippen LogP contribution in [0.4, 0.5) is 5.69 Å². The predicted molar refractivity (Wildman–Crippen MR) is 167 cm³/mol. The lowest BCUT2D eigenvalue weighted by atomic mass is 9.99. The van der Waals surface area contributed by atoms with E-state index in [-0.39, 0.29) is 0 Å². The molecule has 8 nitrogen and oxygen atoms in total. The summed E-state index contributed by atoms with van der Waals surface area (Å²) in [5, 5.41) is 5.25. The van der Waals surface area contributed by atoms with Gasteiger partial charge in [0.2, 0.25) is 0 Å². The Morgan fingerprint density at radius 1 is 0.905 bits per heavy atom. The minimum Gasteiger partial charge on any atom is -0.496 e. The van der Waals surface area contributed by atoms with Crippen LogP contribution in [0.25, 0.3) is 16.8 Å². The summed E-state index contributed by atoms with van der Waals surface area (Å²) in [5.74, 6) is 3.12. The number of fused-ring (bicyclic) bond motifs is 1. The van der Waals surface area contributed by atoms with Crippen LogP contribution in [0.1, 0.15) is 50.3 Å². The Kier molecular flexibility index (Phi) is 9.52. The topological polar surface area (TPSA) is 60.7 Å². The Labute approximate surface area is 250 Å². The molecule has 0 unspecified atom stereocenters. The number of benzene rings is 1. The maximum atomic E-state index is 6.03. The van der Waals surface area contributed by atoms with E-state index in [2.05, 4.69) is 51.6 Å². The van der Waals surface area contributed by atoms with Gasteiger partial charge in [-0.25, -0.2) is 4.52 Å². The lowest BCUT2D eigenvalue weighted by Gasteiger charge is -2.31. The Morgan fingerprint density at radius 3 is 2.21 bits per heavy atom. The van der Waals surface area contributed by atoms with Crippen LogP contribution in [0.5, 0.6) is 11.5 Å². The highest BCUT2D eigenvalue weighted by molar-refractivity contribution is 5.82. The van der Waals surface area contributed by atoms with E-state index in [0.717, 1.165) is 131 Å². The standard InChI is InChI=1S/C34H48N4O4/c1-4-28-34(37(23-25-10-11-25)24-26-12-17-41-18-13-26)30-9-5-8-29(38(30)35-28)33-31(39-2)21-27(22-32(33)40-3)7-6-14-36-15-19-42-20-16-36/h5,8-9,21-22,25-26H,4,6-7,10-20,23-24H2,1-3H3. The van der Waals surface area contributed by atoms with Gasteiger partial charge < -0.3 is 23.8 Å². The van der Waals surface area contributed by atoms with Gasteiger partial charge in [0.05, 0.1) is 55.6 Å². The number of hydrogen-bond acceptors (Lipinski definition) is 7. The van der Waals surface area contributed by atoms with Crippen LogP contribution in [0, 0.1) is 11.8 Å². The maximum Gasteiger partial charge on any atom is 0.132 e. The summed E-state index contributed by atoms with van der Waals surface area (Å²) >= 11 is 0. The zero-order chi connectivity index (χ0) is 28.9. The van der Waals surface area contributed by atoms with Crippen LogP contribution in [-0.2, 0) is 22.3 Å². The molecule has 0 amide bonds. The summed E-state index contributed by atoms with van der Waals surface area (Å²) in [6, 6.07) is 10.9. The highest BCUT2D eigenvalue weighted by Crippen LogP contribution is 2.42. The molecule has 3 aromatic rings. The molecular formula is C34H48N4O4. The lowest BCUT2D eigenvalue weighted by Crippen LogP contribution is -2.36. The molecule has 1 saturated carbocycles. The second-order valence-electron chi connectivity index (χ2n) is 12.2. The number of aryl methyl sites for hydroxylation is 2. The van der Waals surface area contributed by atoms with Crippen molar-refractivity contribution in [2.75, 3.05) is 78.3 Å². The molecule has 0 N–H and O–H groups in total. The fraction of sp³-hybridized carbons (Fsp3) is 0.618. The zero-order valence-corrected chi connectivity index (χ0v) is 25.8. The molecule has 4 heterocycles. The van der Waals surface area contributed by atoms with E-state index >= 15 is 0 Å².